The molecule has 7 heteroatoms. The number of hydrogen-bond acceptors (Lipinski definition) is 6. The summed E-state index contributed by atoms with van der Waals surface area (Å²) in [5.74, 6) is 0.708. The maximum atomic E-state index is 12.1. The van der Waals surface area contributed by atoms with Gasteiger partial charge in [-0.1, -0.05) is 11.8 Å². The first-order valence-electron chi connectivity index (χ1n) is 7.53. The highest BCUT2D eigenvalue weighted by Gasteiger charge is 2.13. The van der Waals surface area contributed by atoms with E-state index in [1.54, 1.807) is 38.5 Å². The van der Waals surface area contributed by atoms with Gasteiger partial charge in [0.1, 0.15) is 16.8 Å². The van der Waals surface area contributed by atoms with Crippen molar-refractivity contribution in [3.63, 3.8) is 0 Å². The maximum Gasteiger partial charge on any atom is 0.234 e. The number of aryl methyl sites for hydroxylation is 1. The Morgan fingerprint density at radius 2 is 2.04 bits per heavy atom. The molecule has 130 valence electrons. The zero-order chi connectivity index (χ0) is 18.2. The van der Waals surface area contributed by atoms with E-state index in [0.717, 1.165) is 17.0 Å². The minimum Gasteiger partial charge on any atom is -0.497 e. The predicted molar refractivity (Wildman–Crippen MR) is 96.7 cm³/mol. The SMILES string of the molecule is COCc1cc(C)nc(SCC(=O)Nc2ccc(OC)cc2)c1C#N. The van der Waals surface area contributed by atoms with E-state index in [-0.39, 0.29) is 11.7 Å². The van der Waals surface area contributed by atoms with Crippen LogP contribution in [0.5, 0.6) is 5.75 Å². The predicted octanol–water partition coefficient (Wildman–Crippen LogP) is 3.15. The van der Waals surface area contributed by atoms with Crippen LogP contribution in [0.2, 0.25) is 0 Å². The Labute approximate surface area is 151 Å². The van der Waals surface area contributed by atoms with E-state index in [0.29, 0.717) is 22.9 Å². The van der Waals surface area contributed by atoms with Crippen LogP contribution in [0.3, 0.4) is 0 Å². The molecule has 0 unspecified atom stereocenters. The van der Waals surface area contributed by atoms with Crippen LogP contribution in [0.4, 0.5) is 5.69 Å². The lowest BCUT2D eigenvalue weighted by Gasteiger charge is -2.10. The monoisotopic (exact) mass is 357 g/mol. The van der Waals surface area contributed by atoms with Gasteiger partial charge in [0.05, 0.1) is 25.0 Å². The Balaban J connectivity index is 2.04. The fraction of sp³-hybridized carbons (Fsp3) is 0.278. The number of nitrogens with one attached hydrogen (secondary N) is 1. The minimum absolute atomic E-state index is 0.156. The van der Waals surface area contributed by atoms with Gasteiger partial charge in [-0.3, -0.25) is 4.79 Å². The molecular formula is C18H19N3O3S. The summed E-state index contributed by atoms with van der Waals surface area (Å²) in [5.41, 5.74) is 2.69. The van der Waals surface area contributed by atoms with Crippen molar-refractivity contribution in [1.29, 1.82) is 5.26 Å². The van der Waals surface area contributed by atoms with Crippen LogP contribution in [0, 0.1) is 18.3 Å². The second kappa shape index (κ2) is 9.06. The Bertz CT molecular complexity index is 785. The Morgan fingerprint density at radius 3 is 2.64 bits per heavy atom. The standard InChI is InChI=1S/C18H19N3O3S/c1-12-8-13(10-23-2)16(9-19)18(20-12)25-11-17(22)21-14-4-6-15(24-3)7-5-14/h4-8H,10-11H2,1-3H3,(H,21,22). The molecule has 0 fully saturated rings. The van der Waals surface area contributed by atoms with Crippen LogP contribution in [0.1, 0.15) is 16.8 Å². The number of nitriles is 1. The molecule has 1 heterocycles. The van der Waals surface area contributed by atoms with Gasteiger partial charge in [-0.15, -0.1) is 0 Å². The summed E-state index contributed by atoms with van der Waals surface area (Å²) < 4.78 is 10.2. The zero-order valence-corrected chi connectivity index (χ0v) is 15.1. The van der Waals surface area contributed by atoms with E-state index < -0.39 is 0 Å². The fourth-order valence-electron chi connectivity index (χ4n) is 2.21. The number of amides is 1. The third-order valence-corrected chi connectivity index (χ3v) is 4.30. The first-order chi connectivity index (χ1) is 12.1. The number of thioether (sulfide) groups is 1. The number of hydrogen-bond donors (Lipinski definition) is 1. The highest BCUT2D eigenvalue weighted by atomic mass is 32.2. The number of carbonyl (C=O) groups is 1. The highest BCUT2D eigenvalue weighted by Crippen LogP contribution is 2.25. The molecule has 0 aliphatic heterocycles. The number of pyridine rings is 1. The van der Waals surface area contributed by atoms with Gasteiger partial charge in [0, 0.05) is 18.5 Å². The van der Waals surface area contributed by atoms with Crippen LogP contribution < -0.4 is 10.1 Å². The minimum atomic E-state index is -0.171. The molecule has 2 aromatic rings. The summed E-state index contributed by atoms with van der Waals surface area (Å²) in [6.07, 6.45) is 0. The summed E-state index contributed by atoms with van der Waals surface area (Å²) in [7, 11) is 3.16. The Kier molecular flexibility index (Phi) is 6.81. The first-order valence-corrected chi connectivity index (χ1v) is 8.52. The molecule has 1 amide bonds. The average Bonchev–Trinajstić information content (AvgIpc) is 2.60. The summed E-state index contributed by atoms with van der Waals surface area (Å²) in [6, 6.07) is 11.1. The van der Waals surface area contributed by atoms with Gasteiger partial charge in [0.2, 0.25) is 5.91 Å². The molecule has 0 aliphatic carbocycles. The molecular weight excluding hydrogens is 338 g/mol. The van der Waals surface area contributed by atoms with E-state index in [9.17, 15) is 10.1 Å². The summed E-state index contributed by atoms with van der Waals surface area (Å²) in [6.45, 7) is 2.18. The zero-order valence-electron chi connectivity index (χ0n) is 14.3. The maximum absolute atomic E-state index is 12.1. The second-order valence-electron chi connectivity index (χ2n) is 5.21. The number of anilines is 1. The Morgan fingerprint density at radius 1 is 1.32 bits per heavy atom. The number of ether oxygens (including phenoxy) is 2. The molecule has 25 heavy (non-hydrogen) atoms. The Hall–Kier alpha value is -2.56. The van der Waals surface area contributed by atoms with E-state index in [1.165, 1.54) is 11.8 Å². The van der Waals surface area contributed by atoms with Crippen LogP contribution in [0.15, 0.2) is 35.4 Å². The molecule has 0 aliphatic rings. The molecule has 0 saturated heterocycles. The van der Waals surface area contributed by atoms with Crippen molar-refractivity contribution in [2.75, 3.05) is 25.3 Å². The summed E-state index contributed by atoms with van der Waals surface area (Å²) in [4.78, 5) is 16.5. The number of rotatable bonds is 7. The van der Waals surface area contributed by atoms with Gasteiger partial charge in [-0.05, 0) is 42.8 Å². The van der Waals surface area contributed by atoms with E-state index in [4.69, 9.17) is 9.47 Å². The molecule has 0 radical (unpaired) electrons. The fourth-order valence-corrected chi connectivity index (χ4v) is 3.08. The van der Waals surface area contributed by atoms with E-state index in [1.807, 2.05) is 13.0 Å². The molecule has 2 rings (SSSR count). The van der Waals surface area contributed by atoms with Crippen molar-refractivity contribution in [2.24, 2.45) is 0 Å². The van der Waals surface area contributed by atoms with E-state index in [2.05, 4.69) is 16.4 Å². The lowest BCUT2D eigenvalue weighted by atomic mass is 10.1. The molecule has 1 N–H and O–H groups in total. The number of aromatic nitrogens is 1. The first kappa shape index (κ1) is 18.8. The van der Waals surface area contributed by atoms with Gasteiger partial charge in [0.15, 0.2) is 0 Å². The summed E-state index contributed by atoms with van der Waals surface area (Å²) in [5, 5.41) is 12.7. The number of nitrogens with zero attached hydrogens (tertiary/aromatic N) is 2. The van der Waals surface area contributed by atoms with Crippen molar-refractivity contribution in [1.82, 2.24) is 4.98 Å². The lowest BCUT2D eigenvalue weighted by molar-refractivity contribution is -0.113. The number of methoxy groups -OCH3 is 2. The van der Waals surface area contributed by atoms with E-state index >= 15 is 0 Å². The van der Waals surface area contributed by atoms with Crippen LogP contribution >= 0.6 is 11.8 Å². The van der Waals surface area contributed by atoms with Gasteiger partial charge in [-0.2, -0.15) is 5.26 Å². The molecule has 1 aromatic carbocycles. The molecule has 6 nitrogen and oxygen atoms in total. The van der Waals surface area contributed by atoms with Crippen molar-refractivity contribution in [3.8, 4) is 11.8 Å². The van der Waals surface area contributed by atoms with Crippen LogP contribution in [0.25, 0.3) is 0 Å². The van der Waals surface area contributed by atoms with Crippen LogP contribution in [-0.2, 0) is 16.1 Å². The summed E-state index contributed by atoms with van der Waals surface area (Å²) >= 11 is 1.23. The molecule has 0 bridgehead atoms. The quantitative estimate of drug-likeness (QED) is 0.766. The van der Waals surface area contributed by atoms with Crippen molar-refractivity contribution in [2.45, 2.75) is 18.6 Å². The highest BCUT2D eigenvalue weighted by molar-refractivity contribution is 8.00. The lowest BCUT2D eigenvalue weighted by Crippen LogP contribution is -2.14. The topological polar surface area (TPSA) is 84.2 Å². The molecule has 0 saturated carbocycles. The van der Waals surface area contributed by atoms with Crippen LogP contribution in [-0.4, -0.2) is 30.9 Å². The van der Waals surface area contributed by atoms with Crippen molar-refractivity contribution >= 4 is 23.4 Å². The largest absolute Gasteiger partial charge is 0.497 e. The smallest absolute Gasteiger partial charge is 0.234 e. The molecule has 1 aromatic heterocycles. The number of carbonyl (C=O) groups excluding carboxylic acids is 1. The average molecular weight is 357 g/mol. The third kappa shape index (κ3) is 5.21. The van der Waals surface area contributed by atoms with Gasteiger partial charge in [-0.25, -0.2) is 4.98 Å². The van der Waals surface area contributed by atoms with Gasteiger partial charge in [0.25, 0.3) is 0 Å². The van der Waals surface area contributed by atoms with Gasteiger partial charge < -0.3 is 14.8 Å². The van der Waals surface area contributed by atoms with Crippen molar-refractivity contribution in [3.05, 3.63) is 47.2 Å². The molecule has 0 spiro atoms. The molecule has 0 atom stereocenters. The number of benzene rings is 1. The van der Waals surface area contributed by atoms with Crippen molar-refractivity contribution < 1.29 is 14.3 Å². The third-order valence-electron chi connectivity index (χ3n) is 3.32. The second-order valence-corrected chi connectivity index (χ2v) is 6.18. The van der Waals surface area contributed by atoms with Gasteiger partial charge >= 0.3 is 0 Å². The normalized spacial score (nSPS) is 10.2.